The molecule has 9 heteroatoms. The normalized spacial score (nSPS) is 24.7. The van der Waals surface area contributed by atoms with Gasteiger partial charge in [0.1, 0.15) is 17.6 Å². The summed E-state index contributed by atoms with van der Waals surface area (Å²) in [5.41, 5.74) is 7.12. The van der Waals surface area contributed by atoms with Crippen molar-refractivity contribution in [3.05, 3.63) is 33.9 Å². The summed E-state index contributed by atoms with van der Waals surface area (Å²) in [5.74, 6) is 0.0898. The largest absolute Gasteiger partial charge is 0.462 e. The minimum Gasteiger partial charge on any atom is -0.462 e. The molecule has 0 bridgehead atoms. The summed E-state index contributed by atoms with van der Waals surface area (Å²) in [7, 11) is 0. The second kappa shape index (κ2) is 8.28. The van der Waals surface area contributed by atoms with Crippen molar-refractivity contribution in [1.82, 2.24) is 10.2 Å². The molecule has 4 N–H and O–H groups in total. The van der Waals surface area contributed by atoms with E-state index in [1.54, 1.807) is 20.8 Å². The summed E-state index contributed by atoms with van der Waals surface area (Å²) in [6, 6.07) is 0. The number of piperidine rings is 1. The van der Waals surface area contributed by atoms with Crippen molar-refractivity contribution in [1.29, 1.82) is 0 Å². The monoisotopic (exact) mass is 425 g/mol. The Labute approximate surface area is 175 Å². The van der Waals surface area contributed by atoms with Crippen molar-refractivity contribution in [3.8, 4) is 0 Å². The Morgan fingerprint density at radius 3 is 2.79 bits per heavy atom. The van der Waals surface area contributed by atoms with Gasteiger partial charge >= 0.3 is 6.09 Å². The number of amides is 2. The number of fused-ring (bicyclic) bond motifs is 1. The van der Waals surface area contributed by atoms with Gasteiger partial charge in [0.25, 0.3) is 5.91 Å². The molecule has 3 rings (SSSR count). The van der Waals surface area contributed by atoms with Crippen LogP contribution in [0.15, 0.2) is 33.9 Å². The molecule has 2 aliphatic heterocycles. The van der Waals surface area contributed by atoms with Gasteiger partial charge in [-0.15, -0.1) is 0 Å². The lowest BCUT2D eigenvalue weighted by molar-refractivity contribution is -0.118. The molecule has 1 fully saturated rings. The maximum Gasteiger partial charge on any atom is 0.410 e. The molecule has 3 aliphatic rings. The van der Waals surface area contributed by atoms with E-state index in [0.29, 0.717) is 54.4 Å². The van der Waals surface area contributed by atoms with Gasteiger partial charge in [-0.25, -0.2) is 4.79 Å². The zero-order valence-corrected chi connectivity index (χ0v) is 17.7. The lowest BCUT2D eigenvalue weighted by Crippen LogP contribution is -2.50. The van der Waals surface area contributed by atoms with Crippen LogP contribution in [0.4, 0.5) is 4.79 Å². The van der Waals surface area contributed by atoms with Gasteiger partial charge in [0.2, 0.25) is 0 Å². The molecule has 0 aromatic heterocycles. The van der Waals surface area contributed by atoms with E-state index >= 15 is 0 Å². The molecule has 2 atom stereocenters. The summed E-state index contributed by atoms with van der Waals surface area (Å²) in [6.07, 6.45) is 1.86. The fraction of sp³-hybridized carbons (Fsp3) is 0.600. The van der Waals surface area contributed by atoms with Gasteiger partial charge in [-0.1, -0.05) is 11.6 Å². The topological polar surface area (TPSA) is 114 Å². The molecule has 160 valence electrons. The lowest BCUT2D eigenvalue weighted by Gasteiger charge is -2.36. The number of rotatable bonds is 3. The number of carbonyl (C=O) groups excluding carboxylic acids is 2. The van der Waals surface area contributed by atoms with Crippen LogP contribution in [0.3, 0.4) is 0 Å². The van der Waals surface area contributed by atoms with Crippen LogP contribution in [-0.4, -0.2) is 53.3 Å². The number of halogens is 1. The zero-order chi connectivity index (χ0) is 21.3. The molecule has 8 nitrogen and oxygen atoms in total. The third kappa shape index (κ3) is 4.87. The van der Waals surface area contributed by atoms with Gasteiger partial charge in [-0.05, 0) is 40.0 Å². The molecule has 0 radical (unpaired) electrons. The summed E-state index contributed by atoms with van der Waals surface area (Å²) < 4.78 is 10.8. The average Bonchev–Trinajstić information content (AvgIpc) is 3.07. The van der Waals surface area contributed by atoms with Gasteiger partial charge in [0, 0.05) is 24.6 Å². The number of aliphatic hydroxyl groups excluding tert-OH is 1. The number of carbonyl (C=O) groups is 2. The number of nitrogens with zero attached hydrogens (tertiary/aromatic N) is 1. The van der Waals surface area contributed by atoms with E-state index in [0.717, 1.165) is 5.57 Å². The first-order valence-corrected chi connectivity index (χ1v) is 10.1. The maximum absolute atomic E-state index is 12.6. The Balaban J connectivity index is 1.54. The first-order valence-electron chi connectivity index (χ1n) is 9.76. The van der Waals surface area contributed by atoms with Crippen molar-refractivity contribution < 1.29 is 24.2 Å². The summed E-state index contributed by atoms with van der Waals surface area (Å²) >= 11 is 5.97. The number of hydrogen-bond donors (Lipinski definition) is 3. The fourth-order valence-electron chi connectivity index (χ4n) is 3.63. The van der Waals surface area contributed by atoms with Crippen LogP contribution in [0.25, 0.3) is 0 Å². The Bertz CT molecular complexity index is 796. The fourth-order valence-corrected chi connectivity index (χ4v) is 3.79. The van der Waals surface area contributed by atoms with E-state index < -0.39 is 17.8 Å². The Morgan fingerprint density at radius 2 is 2.14 bits per heavy atom. The number of allylic oxidation sites excluding steroid dienone is 2. The Kier molecular flexibility index (Phi) is 6.14. The minimum atomic E-state index is -0.739. The SMILES string of the molecule is CC(C)(C)OC(=O)N1CCC(CNC(=O)C2=C3OC=C(Cl)C(N)=C3CC2)C(O)C1. The molecule has 2 heterocycles. The number of ether oxygens (including phenoxy) is 2. The van der Waals surface area contributed by atoms with E-state index in [-0.39, 0.29) is 18.4 Å². The van der Waals surface area contributed by atoms with Crippen molar-refractivity contribution in [2.45, 2.75) is 51.7 Å². The van der Waals surface area contributed by atoms with Crippen LogP contribution in [0.2, 0.25) is 0 Å². The highest BCUT2D eigenvalue weighted by Crippen LogP contribution is 2.39. The predicted octanol–water partition coefficient (Wildman–Crippen LogP) is 2.09. The third-order valence-corrected chi connectivity index (χ3v) is 5.50. The molecule has 0 saturated carbocycles. The predicted molar refractivity (Wildman–Crippen MR) is 107 cm³/mol. The molecule has 29 heavy (non-hydrogen) atoms. The van der Waals surface area contributed by atoms with Gasteiger partial charge in [0.15, 0.2) is 0 Å². The second-order valence-corrected chi connectivity index (χ2v) is 8.94. The average molecular weight is 426 g/mol. The number of nitrogens with two attached hydrogens (primary N) is 1. The quantitative estimate of drug-likeness (QED) is 0.638. The number of aliphatic hydroxyl groups is 1. The first kappa shape index (κ1) is 21.5. The molecule has 1 saturated heterocycles. The van der Waals surface area contributed by atoms with E-state index in [9.17, 15) is 14.7 Å². The van der Waals surface area contributed by atoms with Crippen LogP contribution in [0, 0.1) is 5.92 Å². The third-order valence-electron chi connectivity index (χ3n) is 5.21. The maximum atomic E-state index is 12.6. The lowest BCUT2D eigenvalue weighted by atomic mass is 9.94. The Hall–Kier alpha value is -2.19. The molecular weight excluding hydrogens is 398 g/mol. The first-order chi connectivity index (χ1) is 13.6. The molecule has 1 aliphatic carbocycles. The second-order valence-electron chi connectivity index (χ2n) is 8.54. The van der Waals surface area contributed by atoms with E-state index in [1.165, 1.54) is 11.2 Å². The van der Waals surface area contributed by atoms with Gasteiger partial charge < -0.3 is 30.5 Å². The van der Waals surface area contributed by atoms with Crippen LogP contribution >= 0.6 is 11.6 Å². The van der Waals surface area contributed by atoms with Crippen molar-refractivity contribution >= 4 is 23.6 Å². The molecule has 0 spiro atoms. The van der Waals surface area contributed by atoms with Gasteiger partial charge in [-0.3, -0.25) is 4.79 Å². The zero-order valence-electron chi connectivity index (χ0n) is 17.0. The van der Waals surface area contributed by atoms with Crippen LogP contribution in [0.1, 0.15) is 40.0 Å². The van der Waals surface area contributed by atoms with Crippen LogP contribution < -0.4 is 11.1 Å². The summed E-state index contributed by atoms with van der Waals surface area (Å²) in [5, 5.41) is 13.6. The molecular formula is C20H28ClN3O5. The highest BCUT2D eigenvalue weighted by molar-refractivity contribution is 6.32. The van der Waals surface area contributed by atoms with E-state index in [1.807, 2.05) is 0 Å². The van der Waals surface area contributed by atoms with Gasteiger partial charge in [0.05, 0.1) is 29.0 Å². The molecule has 0 aromatic carbocycles. The van der Waals surface area contributed by atoms with Gasteiger partial charge in [-0.2, -0.15) is 0 Å². The summed E-state index contributed by atoms with van der Waals surface area (Å²) in [4.78, 5) is 26.3. The number of hydrogen-bond acceptors (Lipinski definition) is 6. The minimum absolute atomic E-state index is 0.147. The van der Waals surface area contributed by atoms with Crippen LogP contribution in [-0.2, 0) is 14.3 Å². The highest BCUT2D eigenvalue weighted by Gasteiger charge is 2.34. The van der Waals surface area contributed by atoms with Crippen molar-refractivity contribution in [2.24, 2.45) is 11.7 Å². The number of nitrogens with one attached hydrogen (secondary N) is 1. The van der Waals surface area contributed by atoms with Crippen molar-refractivity contribution in [2.75, 3.05) is 19.6 Å². The number of likely N-dealkylation sites (tertiary alicyclic amines) is 1. The van der Waals surface area contributed by atoms with Crippen LogP contribution in [0.5, 0.6) is 0 Å². The number of β-amino-alcohol motifs (C(OH)–C–C–N with tert-alkyl or cyclic N) is 1. The standard InChI is InChI=1S/C20H28ClN3O5/c1-20(2,3)29-19(27)24-7-6-11(15(25)9-24)8-23-18(26)13-5-4-12-16(22)14(21)10-28-17(12)13/h10-11,15,25H,4-9,22H2,1-3H3,(H,23,26). The van der Waals surface area contributed by atoms with Crippen molar-refractivity contribution in [3.63, 3.8) is 0 Å². The Morgan fingerprint density at radius 1 is 1.41 bits per heavy atom. The summed E-state index contributed by atoms with van der Waals surface area (Å²) in [6.45, 7) is 6.36. The highest BCUT2D eigenvalue weighted by atomic mass is 35.5. The molecule has 0 aromatic rings. The molecule has 2 unspecified atom stereocenters. The van der Waals surface area contributed by atoms with E-state index in [4.69, 9.17) is 26.8 Å². The smallest absolute Gasteiger partial charge is 0.410 e. The van der Waals surface area contributed by atoms with E-state index in [2.05, 4.69) is 5.32 Å². The molecule has 2 amide bonds.